The van der Waals surface area contributed by atoms with Gasteiger partial charge in [0.15, 0.2) is 27.8 Å². The van der Waals surface area contributed by atoms with Gasteiger partial charge in [0.1, 0.15) is 0 Å². The van der Waals surface area contributed by atoms with Crippen LogP contribution in [0, 0.1) is 0 Å². The summed E-state index contributed by atoms with van der Waals surface area (Å²) in [5, 5.41) is 0. The highest BCUT2D eigenvalue weighted by Gasteiger charge is 2.34. The van der Waals surface area contributed by atoms with Crippen LogP contribution in [0.2, 0.25) is 0 Å². The highest BCUT2D eigenvalue weighted by atomic mass is 32.1. The Balaban J connectivity index is 1.67. The molecule has 0 radical (unpaired) electrons. The molecule has 0 saturated heterocycles. The molecule has 0 aliphatic carbocycles. The van der Waals surface area contributed by atoms with E-state index in [0.29, 0.717) is 55.8 Å². The third kappa shape index (κ3) is 4.48. The van der Waals surface area contributed by atoms with Gasteiger partial charge in [-0.15, -0.1) is 0 Å². The van der Waals surface area contributed by atoms with Crippen LogP contribution in [-0.2, 0) is 9.53 Å². The van der Waals surface area contributed by atoms with E-state index in [1.807, 2.05) is 31.2 Å². The van der Waals surface area contributed by atoms with E-state index in [1.54, 1.807) is 43.7 Å². The van der Waals surface area contributed by atoms with Gasteiger partial charge in [0.2, 0.25) is 6.79 Å². The fourth-order valence-corrected chi connectivity index (χ4v) is 5.44. The fraction of sp³-hybridized carbons (Fsp3) is 0.296. The predicted octanol–water partition coefficient (Wildman–Crippen LogP) is 2.93. The van der Waals surface area contributed by atoms with Gasteiger partial charge in [-0.25, -0.2) is 9.79 Å². The standard InChI is InChI=1S/C27H26N2O7S/c1-5-33-18-9-7-16(11-20(18)32-4)12-22-25(30)29-24(17-8-10-19-21(13-17)36-14-35-19)23(26(31)34-6-2)15(3)28-27(29)37-22/h7-13,24H,5-6,14H2,1-4H3/b22-12-/t24-/m1/s1. The highest BCUT2D eigenvalue weighted by molar-refractivity contribution is 7.07. The van der Waals surface area contributed by atoms with E-state index < -0.39 is 12.0 Å². The Morgan fingerprint density at radius 3 is 2.70 bits per heavy atom. The smallest absolute Gasteiger partial charge is 0.338 e. The number of hydrogen-bond donors (Lipinski definition) is 0. The number of nitrogens with zero attached hydrogens (tertiary/aromatic N) is 2. The number of thiazole rings is 1. The van der Waals surface area contributed by atoms with Crippen LogP contribution in [0.5, 0.6) is 23.0 Å². The molecule has 0 N–H and O–H groups in total. The molecule has 2 aromatic carbocycles. The molecule has 0 unspecified atom stereocenters. The van der Waals surface area contributed by atoms with Crippen molar-refractivity contribution in [3.05, 3.63) is 78.5 Å². The minimum Gasteiger partial charge on any atom is -0.493 e. The normalized spacial score (nSPS) is 16.3. The maximum atomic E-state index is 13.8. The minimum atomic E-state index is -0.734. The lowest BCUT2D eigenvalue weighted by atomic mass is 9.95. The van der Waals surface area contributed by atoms with Gasteiger partial charge in [-0.05, 0) is 62.2 Å². The largest absolute Gasteiger partial charge is 0.493 e. The summed E-state index contributed by atoms with van der Waals surface area (Å²) in [5.41, 5.74) is 2.00. The molecule has 1 atom stereocenters. The lowest BCUT2D eigenvalue weighted by Gasteiger charge is -2.24. The predicted molar refractivity (Wildman–Crippen MR) is 137 cm³/mol. The van der Waals surface area contributed by atoms with E-state index in [9.17, 15) is 9.59 Å². The number of aromatic nitrogens is 1. The monoisotopic (exact) mass is 522 g/mol. The van der Waals surface area contributed by atoms with E-state index >= 15 is 0 Å². The molecule has 10 heteroatoms. The summed E-state index contributed by atoms with van der Waals surface area (Å²) in [6.07, 6.45) is 1.78. The zero-order chi connectivity index (χ0) is 26.1. The van der Waals surface area contributed by atoms with E-state index in [1.165, 1.54) is 11.3 Å². The first-order valence-corrected chi connectivity index (χ1v) is 12.7. The molecule has 3 aromatic rings. The van der Waals surface area contributed by atoms with Crippen molar-refractivity contribution in [2.75, 3.05) is 27.1 Å². The topological polar surface area (TPSA) is 97.6 Å². The Morgan fingerprint density at radius 1 is 1.14 bits per heavy atom. The number of carbonyl (C=O) groups excluding carboxylic acids is 1. The summed E-state index contributed by atoms with van der Waals surface area (Å²) >= 11 is 1.25. The van der Waals surface area contributed by atoms with Crippen molar-refractivity contribution in [3.8, 4) is 23.0 Å². The molecule has 0 amide bonds. The highest BCUT2D eigenvalue weighted by Crippen LogP contribution is 2.38. The number of fused-ring (bicyclic) bond motifs is 2. The summed E-state index contributed by atoms with van der Waals surface area (Å²) in [6.45, 7) is 6.22. The number of esters is 1. The Morgan fingerprint density at radius 2 is 1.95 bits per heavy atom. The fourth-order valence-electron chi connectivity index (χ4n) is 4.39. The van der Waals surface area contributed by atoms with Crippen molar-refractivity contribution in [1.29, 1.82) is 0 Å². The molecule has 0 bridgehead atoms. The molecule has 1 aromatic heterocycles. The van der Waals surface area contributed by atoms with E-state index in [0.717, 1.165) is 5.56 Å². The number of rotatable bonds is 7. The Kier molecular flexibility index (Phi) is 6.75. The van der Waals surface area contributed by atoms with Crippen LogP contribution < -0.4 is 33.8 Å². The Bertz CT molecular complexity index is 1580. The molecule has 5 rings (SSSR count). The third-order valence-corrected chi connectivity index (χ3v) is 7.00. The number of hydrogen-bond acceptors (Lipinski definition) is 9. The maximum Gasteiger partial charge on any atom is 0.338 e. The van der Waals surface area contributed by atoms with Crippen molar-refractivity contribution in [2.24, 2.45) is 4.99 Å². The number of methoxy groups -OCH3 is 1. The lowest BCUT2D eigenvalue weighted by Crippen LogP contribution is -2.39. The zero-order valence-corrected chi connectivity index (χ0v) is 21.7. The van der Waals surface area contributed by atoms with Gasteiger partial charge >= 0.3 is 5.97 Å². The van der Waals surface area contributed by atoms with Crippen molar-refractivity contribution >= 4 is 23.4 Å². The van der Waals surface area contributed by atoms with Crippen molar-refractivity contribution in [3.63, 3.8) is 0 Å². The van der Waals surface area contributed by atoms with Crippen LogP contribution in [0.15, 0.2) is 57.5 Å². The van der Waals surface area contributed by atoms with Crippen LogP contribution >= 0.6 is 11.3 Å². The molecule has 0 spiro atoms. The Labute approximate surface area is 216 Å². The van der Waals surface area contributed by atoms with Crippen LogP contribution in [0.25, 0.3) is 6.08 Å². The SMILES string of the molecule is CCOC(=O)C1=C(C)N=c2s/c(=C\c3ccc(OCC)c(OC)c3)c(=O)n2[C@@H]1c1ccc2c(c1)OCO2. The van der Waals surface area contributed by atoms with Crippen LogP contribution in [0.3, 0.4) is 0 Å². The molecule has 3 heterocycles. The van der Waals surface area contributed by atoms with Gasteiger partial charge in [-0.1, -0.05) is 23.5 Å². The molecule has 192 valence electrons. The first-order chi connectivity index (χ1) is 17.9. The number of benzene rings is 2. The second-order valence-corrected chi connectivity index (χ2v) is 9.27. The van der Waals surface area contributed by atoms with Crippen molar-refractivity contribution in [2.45, 2.75) is 26.8 Å². The van der Waals surface area contributed by atoms with Crippen LogP contribution in [0.1, 0.15) is 37.9 Å². The zero-order valence-electron chi connectivity index (χ0n) is 20.9. The molecular weight excluding hydrogens is 496 g/mol. The average molecular weight is 523 g/mol. The summed E-state index contributed by atoms with van der Waals surface area (Å²) in [5.74, 6) is 1.85. The number of ether oxygens (including phenoxy) is 5. The summed E-state index contributed by atoms with van der Waals surface area (Å²) in [6, 6.07) is 10.1. The van der Waals surface area contributed by atoms with Gasteiger partial charge in [0.25, 0.3) is 5.56 Å². The first-order valence-electron chi connectivity index (χ1n) is 11.8. The van der Waals surface area contributed by atoms with Gasteiger partial charge in [0.05, 0.1) is 42.2 Å². The number of allylic oxidation sites excluding steroid dienone is 1. The lowest BCUT2D eigenvalue weighted by molar-refractivity contribution is -0.139. The summed E-state index contributed by atoms with van der Waals surface area (Å²) < 4.78 is 29.4. The molecule has 9 nitrogen and oxygen atoms in total. The van der Waals surface area contributed by atoms with E-state index in [2.05, 4.69) is 4.99 Å². The van der Waals surface area contributed by atoms with Gasteiger partial charge in [-0.2, -0.15) is 0 Å². The molecule has 37 heavy (non-hydrogen) atoms. The second kappa shape index (κ2) is 10.1. The molecule has 0 saturated carbocycles. The summed E-state index contributed by atoms with van der Waals surface area (Å²) in [7, 11) is 1.57. The van der Waals surface area contributed by atoms with Crippen LogP contribution in [0.4, 0.5) is 0 Å². The third-order valence-electron chi connectivity index (χ3n) is 6.01. The molecule has 2 aliphatic rings. The maximum absolute atomic E-state index is 13.8. The first kappa shape index (κ1) is 24.6. The average Bonchev–Trinajstić information content (AvgIpc) is 3.48. The molecular formula is C27H26N2O7S. The van der Waals surface area contributed by atoms with E-state index in [-0.39, 0.29) is 19.0 Å². The molecule has 0 fully saturated rings. The van der Waals surface area contributed by atoms with Gasteiger partial charge in [0, 0.05) is 0 Å². The van der Waals surface area contributed by atoms with Crippen molar-refractivity contribution in [1.82, 2.24) is 4.57 Å². The Hall–Kier alpha value is -4.05. The molecule has 2 aliphatic heterocycles. The summed E-state index contributed by atoms with van der Waals surface area (Å²) in [4.78, 5) is 31.9. The van der Waals surface area contributed by atoms with Crippen molar-refractivity contribution < 1.29 is 28.5 Å². The van der Waals surface area contributed by atoms with Gasteiger partial charge in [-0.3, -0.25) is 9.36 Å². The number of carbonyl (C=O) groups is 1. The van der Waals surface area contributed by atoms with Gasteiger partial charge < -0.3 is 23.7 Å². The van der Waals surface area contributed by atoms with Crippen LogP contribution in [-0.4, -0.2) is 37.7 Å². The quantitative estimate of drug-likeness (QED) is 0.440. The second-order valence-electron chi connectivity index (χ2n) is 8.26. The van der Waals surface area contributed by atoms with E-state index in [4.69, 9.17) is 23.7 Å². The minimum absolute atomic E-state index is 0.118.